The minimum Gasteiger partial charge on any atom is -0.497 e. The van der Waals surface area contributed by atoms with Crippen LogP contribution < -0.4 is 15.4 Å². The van der Waals surface area contributed by atoms with E-state index in [2.05, 4.69) is 25.6 Å². The Morgan fingerprint density at radius 1 is 0.796 bits per heavy atom. The molecule has 2 amide bonds. The standard InChI is InChI=1S/C37H32N6O6/c1-48-29-19-17-28(18-20-29)37(26-13-7-3-8-14-26,27-15-9-4-10-16-27)49-36(47)30(22-44)41-31(45)21-43-24-40-32-33(38-23-39-34(32)43)42-35(46)25-11-5-2-6-12-25/h2-20,23-24,30,44H,21-22H2,1H3,(H,41,45)(H,38,39,42,46)/t30-/m0/s1. The van der Waals surface area contributed by atoms with Crippen molar-refractivity contribution in [2.24, 2.45) is 0 Å². The number of amides is 2. The van der Waals surface area contributed by atoms with Crippen LogP contribution in [0.1, 0.15) is 27.0 Å². The summed E-state index contributed by atoms with van der Waals surface area (Å²) in [5, 5.41) is 15.6. The Hall–Kier alpha value is -6.40. The summed E-state index contributed by atoms with van der Waals surface area (Å²) in [6, 6.07) is 32.8. The van der Waals surface area contributed by atoms with Gasteiger partial charge in [0.25, 0.3) is 5.91 Å². The van der Waals surface area contributed by atoms with Gasteiger partial charge in [0, 0.05) is 22.3 Å². The lowest BCUT2D eigenvalue weighted by atomic mass is 9.80. The van der Waals surface area contributed by atoms with Crippen LogP contribution in [0.15, 0.2) is 128 Å². The fourth-order valence-electron chi connectivity index (χ4n) is 5.50. The number of methoxy groups -OCH3 is 1. The molecule has 0 aliphatic carbocycles. The number of rotatable bonds is 12. The molecule has 0 spiro atoms. The molecule has 0 bridgehead atoms. The lowest BCUT2D eigenvalue weighted by Gasteiger charge is -2.36. The molecular weight excluding hydrogens is 624 g/mol. The lowest BCUT2D eigenvalue weighted by molar-refractivity contribution is -0.158. The molecule has 246 valence electrons. The normalized spacial score (nSPS) is 11.8. The molecule has 0 unspecified atom stereocenters. The number of hydrogen-bond acceptors (Lipinski definition) is 9. The van der Waals surface area contributed by atoms with Gasteiger partial charge in [0.05, 0.1) is 20.0 Å². The summed E-state index contributed by atoms with van der Waals surface area (Å²) in [6.45, 7) is -1.03. The van der Waals surface area contributed by atoms with E-state index in [1.807, 2.05) is 60.7 Å². The number of hydrogen-bond donors (Lipinski definition) is 3. The Morgan fingerprint density at radius 3 is 1.98 bits per heavy atom. The van der Waals surface area contributed by atoms with Crippen molar-refractivity contribution >= 4 is 34.8 Å². The number of nitrogens with one attached hydrogen (secondary N) is 2. The molecule has 4 aromatic carbocycles. The van der Waals surface area contributed by atoms with Crippen molar-refractivity contribution < 1.29 is 29.0 Å². The van der Waals surface area contributed by atoms with Gasteiger partial charge in [0.2, 0.25) is 5.91 Å². The number of nitrogens with zero attached hydrogens (tertiary/aromatic N) is 4. The molecule has 0 aliphatic rings. The van der Waals surface area contributed by atoms with Crippen molar-refractivity contribution in [3.63, 3.8) is 0 Å². The smallest absolute Gasteiger partial charge is 0.332 e. The molecule has 12 nitrogen and oxygen atoms in total. The van der Waals surface area contributed by atoms with Crippen molar-refractivity contribution in [3.05, 3.63) is 150 Å². The van der Waals surface area contributed by atoms with Crippen LogP contribution in [0.3, 0.4) is 0 Å². The van der Waals surface area contributed by atoms with Gasteiger partial charge in [-0.05, 0) is 24.3 Å². The van der Waals surface area contributed by atoms with E-state index >= 15 is 0 Å². The maximum absolute atomic E-state index is 13.9. The van der Waals surface area contributed by atoms with Crippen LogP contribution in [-0.2, 0) is 26.5 Å². The van der Waals surface area contributed by atoms with Gasteiger partial charge in [-0.3, -0.25) is 9.59 Å². The van der Waals surface area contributed by atoms with E-state index < -0.39 is 30.1 Å². The van der Waals surface area contributed by atoms with Crippen LogP contribution >= 0.6 is 0 Å². The maximum atomic E-state index is 13.9. The Balaban J connectivity index is 1.25. The molecule has 12 heteroatoms. The predicted molar refractivity (Wildman–Crippen MR) is 181 cm³/mol. The van der Waals surface area contributed by atoms with E-state index in [4.69, 9.17) is 9.47 Å². The zero-order valence-electron chi connectivity index (χ0n) is 26.4. The summed E-state index contributed by atoms with van der Waals surface area (Å²) in [5.74, 6) is -1.06. The highest BCUT2D eigenvalue weighted by Crippen LogP contribution is 2.41. The number of benzene rings is 4. The maximum Gasteiger partial charge on any atom is 0.332 e. The zero-order valence-corrected chi connectivity index (χ0v) is 26.4. The molecule has 0 saturated carbocycles. The first-order chi connectivity index (χ1) is 23.9. The topological polar surface area (TPSA) is 158 Å². The first-order valence-electron chi connectivity index (χ1n) is 15.3. The van der Waals surface area contributed by atoms with Crippen LogP contribution in [0.25, 0.3) is 11.2 Å². The van der Waals surface area contributed by atoms with Gasteiger partial charge in [0.1, 0.15) is 18.6 Å². The lowest BCUT2D eigenvalue weighted by Crippen LogP contribution is -2.48. The number of aliphatic hydroxyl groups excluding tert-OH is 1. The molecule has 0 saturated heterocycles. The number of carbonyl (C=O) groups excluding carboxylic acids is 3. The second-order valence-electron chi connectivity index (χ2n) is 11.0. The number of ether oxygens (including phenoxy) is 2. The second-order valence-corrected chi connectivity index (χ2v) is 11.0. The van der Waals surface area contributed by atoms with Gasteiger partial charge in [-0.2, -0.15) is 0 Å². The molecule has 6 rings (SSSR count). The van der Waals surface area contributed by atoms with E-state index in [0.717, 1.165) is 0 Å². The minimum atomic E-state index is -1.44. The Bertz CT molecular complexity index is 2010. The second kappa shape index (κ2) is 14.6. The van der Waals surface area contributed by atoms with E-state index in [1.54, 1.807) is 61.7 Å². The van der Waals surface area contributed by atoms with E-state index in [1.165, 1.54) is 17.2 Å². The van der Waals surface area contributed by atoms with E-state index in [-0.39, 0.29) is 29.4 Å². The number of fused-ring (bicyclic) bond motifs is 1. The van der Waals surface area contributed by atoms with Crippen molar-refractivity contribution in [3.8, 4) is 5.75 Å². The first-order valence-corrected chi connectivity index (χ1v) is 15.3. The van der Waals surface area contributed by atoms with Gasteiger partial charge in [-0.15, -0.1) is 0 Å². The molecule has 2 heterocycles. The third-order valence-electron chi connectivity index (χ3n) is 7.90. The van der Waals surface area contributed by atoms with Crippen molar-refractivity contribution in [1.29, 1.82) is 0 Å². The molecule has 0 aliphatic heterocycles. The Kier molecular flexibility index (Phi) is 9.68. The van der Waals surface area contributed by atoms with Crippen molar-refractivity contribution in [1.82, 2.24) is 24.8 Å². The molecule has 3 N–H and O–H groups in total. The fourth-order valence-corrected chi connectivity index (χ4v) is 5.50. The van der Waals surface area contributed by atoms with Gasteiger partial charge < -0.3 is 29.8 Å². The number of esters is 1. The van der Waals surface area contributed by atoms with E-state index in [9.17, 15) is 19.5 Å². The van der Waals surface area contributed by atoms with Crippen LogP contribution in [0.5, 0.6) is 5.75 Å². The molecule has 49 heavy (non-hydrogen) atoms. The third-order valence-corrected chi connectivity index (χ3v) is 7.90. The largest absolute Gasteiger partial charge is 0.497 e. The molecule has 2 aromatic heterocycles. The number of anilines is 1. The summed E-state index contributed by atoms with van der Waals surface area (Å²) in [4.78, 5) is 52.7. The average molecular weight is 657 g/mol. The SMILES string of the molecule is COc1ccc(C(OC(=O)[C@H](CO)NC(=O)Cn2cnc3c(NC(=O)c4ccccc4)ncnc32)(c2ccccc2)c2ccccc2)cc1. The molecule has 1 atom stereocenters. The molecule has 0 radical (unpaired) electrons. The summed E-state index contributed by atoms with van der Waals surface area (Å²) >= 11 is 0. The number of aromatic nitrogens is 4. The zero-order chi connectivity index (χ0) is 34.2. The van der Waals surface area contributed by atoms with Gasteiger partial charge in [-0.25, -0.2) is 19.7 Å². The molecular formula is C37H32N6O6. The van der Waals surface area contributed by atoms with Crippen LogP contribution in [-0.4, -0.2) is 62.2 Å². The van der Waals surface area contributed by atoms with Crippen molar-refractivity contribution in [2.75, 3.05) is 19.0 Å². The van der Waals surface area contributed by atoms with E-state index in [0.29, 0.717) is 28.0 Å². The Labute approximate surface area is 281 Å². The highest BCUT2D eigenvalue weighted by molar-refractivity contribution is 6.06. The monoisotopic (exact) mass is 656 g/mol. The minimum absolute atomic E-state index is 0.173. The summed E-state index contributed by atoms with van der Waals surface area (Å²) in [7, 11) is 1.56. The van der Waals surface area contributed by atoms with Crippen LogP contribution in [0.2, 0.25) is 0 Å². The van der Waals surface area contributed by atoms with Gasteiger partial charge in [0.15, 0.2) is 28.6 Å². The fraction of sp³-hybridized carbons (Fsp3) is 0.135. The molecule has 0 fully saturated rings. The highest BCUT2D eigenvalue weighted by atomic mass is 16.6. The summed E-state index contributed by atoms with van der Waals surface area (Å²) in [5.41, 5.74) is 1.48. The van der Waals surface area contributed by atoms with Gasteiger partial charge in [-0.1, -0.05) is 91.0 Å². The first kappa shape index (κ1) is 32.5. The van der Waals surface area contributed by atoms with Crippen molar-refractivity contribution in [2.45, 2.75) is 18.2 Å². The number of carbonyl (C=O) groups is 3. The van der Waals surface area contributed by atoms with Gasteiger partial charge >= 0.3 is 5.97 Å². The van der Waals surface area contributed by atoms with Crippen LogP contribution in [0.4, 0.5) is 5.82 Å². The summed E-state index contributed by atoms with van der Waals surface area (Å²) in [6.07, 6.45) is 2.63. The third kappa shape index (κ3) is 6.85. The quantitative estimate of drug-likeness (QED) is 0.130. The predicted octanol–water partition coefficient (Wildman–Crippen LogP) is 4.10. The molecule has 6 aromatic rings. The summed E-state index contributed by atoms with van der Waals surface area (Å²) < 4.78 is 13.2. The van der Waals surface area contributed by atoms with Crippen LogP contribution in [0, 0.1) is 0 Å². The number of aliphatic hydroxyl groups is 1. The Morgan fingerprint density at radius 2 is 1.39 bits per heavy atom. The average Bonchev–Trinajstić information content (AvgIpc) is 3.57. The highest BCUT2D eigenvalue weighted by Gasteiger charge is 2.42. The number of imidazole rings is 1.